The average molecular weight is 261 g/mol. The first-order valence-electron chi connectivity index (χ1n) is 6.84. The fourth-order valence-corrected chi connectivity index (χ4v) is 2.39. The lowest BCUT2D eigenvalue weighted by molar-refractivity contribution is 0.0892. The van der Waals surface area contributed by atoms with Crippen molar-refractivity contribution in [3.63, 3.8) is 0 Å². The molecule has 0 radical (unpaired) electrons. The molecule has 1 aromatic rings. The highest BCUT2D eigenvalue weighted by Crippen LogP contribution is 2.27. The van der Waals surface area contributed by atoms with E-state index in [1.165, 1.54) is 0 Å². The van der Waals surface area contributed by atoms with E-state index < -0.39 is 0 Å². The number of carbonyl (C=O) groups is 1. The molecular weight excluding hydrogens is 242 g/mol. The van der Waals surface area contributed by atoms with Crippen molar-refractivity contribution in [1.29, 1.82) is 0 Å². The molecular formula is C15H19NO3. The highest BCUT2D eigenvalue weighted by molar-refractivity contribution is 5.98. The quantitative estimate of drug-likeness (QED) is 0.819. The molecule has 1 saturated heterocycles. The van der Waals surface area contributed by atoms with E-state index in [4.69, 9.17) is 9.47 Å². The lowest BCUT2D eigenvalue weighted by atomic mass is 9.93. The van der Waals surface area contributed by atoms with Crippen LogP contribution >= 0.6 is 0 Å². The summed E-state index contributed by atoms with van der Waals surface area (Å²) in [6.45, 7) is 1.11. The van der Waals surface area contributed by atoms with Gasteiger partial charge in [0, 0.05) is 11.6 Å². The van der Waals surface area contributed by atoms with Gasteiger partial charge in [0.2, 0.25) is 0 Å². The van der Waals surface area contributed by atoms with Crippen molar-refractivity contribution in [2.24, 2.45) is 5.92 Å². The third-order valence-corrected chi connectivity index (χ3v) is 3.75. The standard InChI is InChI=1S/C15H19NO3/c1-16-14-9-18-8-13(14)15(17)10-2-4-11(5-3-10)19-12-6-7-12/h2-5,12-14,16H,6-9H2,1H3. The van der Waals surface area contributed by atoms with Gasteiger partial charge in [-0.05, 0) is 44.2 Å². The number of ether oxygens (including phenoxy) is 2. The number of rotatable bonds is 5. The van der Waals surface area contributed by atoms with E-state index >= 15 is 0 Å². The van der Waals surface area contributed by atoms with Gasteiger partial charge in [0.05, 0.1) is 25.2 Å². The van der Waals surface area contributed by atoms with Crippen molar-refractivity contribution in [2.45, 2.75) is 25.0 Å². The molecule has 3 rings (SSSR count). The first-order chi connectivity index (χ1) is 9.28. The minimum Gasteiger partial charge on any atom is -0.490 e. The molecule has 19 heavy (non-hydrogen) atoms. The number of hydrogen-bond donors (Lipinski definition) is 1. The smallest absolute Gasteiger partial charge is 0.169 e. The number of likely N-dealkylation sites (N-methyl/N-ethyl adjacent to an activating group) is 1. The highest BCUT2D eigenvalue weighted by atomic mass is 16.5. The molecule has 1 N–H and O–H groups in total. The van der Waals surface area contributed by atoms with Gasteiger partial charge in [0.15, 0.2) is 5.78 Å². The van der Waals surface area contributed by atoms with Crippen LogP contribution in [0.5, 0.6) is 5.75 Å². The number of carbonyl (C=O) groups excluding carboxylic acids is 1. The number of hydrogen-bond acceptors (Lipinski definition) is 4. The molecule has 2 fully saturated rings. The number of Topliss-reactive ketones (excluding diaryl/α,β-unsaturated/α-hetero) is 1. The number of ketones is 1. The van der Waals surface area contributed by atoms with Crippen molar-refractivity contribution < 1.29 is 14.3 Å². The van der Waals surface area contributed by atoms with Crippen molar-refractivity contribution in [3.05, 3.63) is 29.8 Å². The number of nitrogens with one attached hydrogen (secondary N) is 1. The maximum absolute atomic E-state index is 12.4. The van der Waals surface area contributed by atoms with Gasteiger partial charge in [-0.3, -0.25) is 4.79 Å². The molecule has 0 amide bonds. The zero-order chi connectivity index (χ0) is 13.2. The highest BCUT2D eigenvalue weighted by Gasteiger charge is 2.33. The summed E-state index contributed by atoms with van der Waals surface area (Å²) in [5, 5.41) is 3.14. The molecule has 1 saturated carbocycles. The summed E-state index contributed by atoms with van der Waals surface area (Å²) in [5.74, 6) is 0.918. The zero-order valence-electron chi connectivity index (χ0n) is 11.1. The van der Waals surface area contributed by atoms with E-state index in [0.29, 0.717) is 19.3 Å². The molecule has 1 heterocycles. The van der Waals surface area contributed by atoms with E-state index in [1.54, 1.807) is 0 Å². The second-order valence-electron chi connectivity index (χ2n) is 5.24. The monoisotopic (exact) mass is 261 g/mol. The summed E-state index contributed by atoms with van der Waals surface area (Å²) in [7, 11) is 1.87. The van der Waals surface area contributed by atoms with Crippen LogP contribution in [-0.4, -0.2) is 38.2 Å². The minimum absolute atomic E-state index is 0.0831. The lowest BCUT2D eigenvalue weighted by Crippen LogP contribution is -2.36. The van der Waals surface area contributed by atoms with Crippen LogP contribution in [-0.2, 0) is 4.74 Å². The van der Waals surface area contributed by atoms with Crippen molar-refractivity contribution in [2.75, 3.05) is 20.3 Å². The van der Waals surface area contributed by atoms with Gasteiger partial charge in [-0.15, -0.1) is 0 Å². The molecule has 102 valence electrons. The fraction of sp³-hybridized carbons (Fsp3) is 0.533. The van der Waals surface area contributed by atoms with Crippen LogP contribution in [0.1, 0.15) is 23.2 Å². The Labute approximate surface area is 113 Å². The Hall–Kier alpha value is -1.39. The van der Waals surface area contributed by atoms with Gasteiger partial charge in [-0.25, -0.2) is 0 Å². The maximum Gasteiger partial charge on any atom is 0.169 e. The normalized spacial score (nSPS) is 26.4. The Morgan fingerprint density at radius 2 is 2.00 bits per heavy atom. The van der Waals surface area contributed by atoms with E-state index in [9.17, 15) is 4.79 Å². The molecule has 0 bridgehead atoms. The van der Waals surface area contributed by atoms with Gasteiger partial charge in [-0.1, -0.05) is 0 Å². The molecule has 1 aliphatic carbocycles. The fourth-order valence-electron chi connectivity index (χ4n) is 2.39. The van der Waals surface area contributed by atoms with E-state index in [1.807, 2.05) is 31.3 Å². The average Bonchev–Trinajstić information content (AvgIpc) is 3.12. The van der Waals surface area contributed by atoms with Crippen molar-refractivity contribution in [3.8, 4) is 5.75 Å². The lowest BCUT2D eigenvalue weighted by Gasteiger charge is -2.15. The van der Waals surface area contributed by atoms with E-state index in [-0.39, 0.29) is 17.7 Å². The Morgan fingerprint density at radius 1 is 1.26 bits per heavy atom. The molecule has 2 aliphatic rings. The first-order valence-corrected chi connectivity index (χ1v) is 6.84. The molecule has 2 unspecified atom stereocenters. The maximum atomic E-state index is 12.4. The van der Waals surface area contributed by atoms with Crippen molar-refractivity contribution >= 4 is 5.78 Å². The van der Waals surface area contributed by atoms with Crippen LogP contribution < -0.4 is 10.1 Å². The van der Waals surface area contributed by atoms with E-state index in [2.05, 4.69) is 5.32 Å². The summed E-state index contributed by atoms with van der Waals surface area (Å²) in [6, 6.07) is 7.59. The molecule has 2 atom stereocenters. The predicted molar refractivity (Wildman–Crippen MR) is 71.6 cm³/mol. The van der Waals surface area contributed by atoms with Crippen LogP contribution in [0.15, 0.2) is 24.3 Å². The second kappa shape index (κ2) is 5.31. The Balaban J connectivity index is 1.68. The molecule has 0 aromatic heterocycles. The Morgan fingerprint density at radius 3 is 2.63 bits per heavy atom. The molecule has 4 heteroatoms. The second-order valence-corrected chi connectivity index (χ2v) is 5.24. The SMILES string of the molecule is CNC1COCC1C(=O)c1ccc(OC2CC2)cc1. The topological polar surface area (TPSA) is 47.6 Å². The molecule has 4 nitrogen and oxygen atoms in total. The third-order valence-electron chi connectivity index (χ3n) is 3.75. The van der Waals surface area contributed by atoms with Crippen LogP contribution in [0.3, 0.4) is 0 Å². The summed E-state index contributed by atoms with van der Waals surface area (Å²) in [6.07, 6.45) is 2.67. The molecule has 0 spiro atoms. The third kappa shape index (κ3) is 2.80. The molecule has 1 aliphatic heterocycles. The van der Waals surface area contributed by atoms with Crippen molar-refractivity contribution in [1.82, 2.24) is 5.32 Å². The van der Waals surface area contributed by atoms with Crippen LogP contribution in [0.2, 0.25) is 0 Å². The van der Waals surface area contributed by atoms with Crippen LogP contribution in [0, 0.1) is 5.92 Å². The number of benzene rings is 1. The van der Waals surface area contributed by atoms with E-state index in [0.717, 1.165) is 24.2 Å². The Kier molecular flexibility index (Phi) is 3.53. The van der Waals surface area contributed by atoms with Gasteiger partial charge < -0.3 is 14.8 Å². The summed E-state index contributed by atoms with van der Waals surface area (Å²) in [5.41, 5.74) is 0.735. The van der Waals surface area contributed by atoms with Gasteiger partial charge >= 0.3 is 0 Å². The minimum atomic E-state index is -0.0831. The summed E-state index contributed by atoms with van der Waals surface area (Å²) >= 11 is 0. The van der Waals surface area contributed by atoms with Gasteiger partial charge in [0.25, 0.3) is 0 Å². The van der Waals surface area contributed by atoms with Crippen LogP contribution in [0.25, 0.3) is 0 Å². The zero-order valence-corrected chi connectivity index (χ0v) is 11.1. The summed E-state index contributed by atoms with van der Waals surface area (Å²) in [4.78, 5) is 12.4. The van der Waals surface area contributed by atoms with Gasteiger partial charge in [0.1, 0.15) is 5.75 Å². The predicted octanol–water partition coefficient (Wildman–Crippen LogP) is 1.64. The Bertz CT molecular complexity index is 453. The van der Waals surface area contributed by atoms with Gasteiger partial charge in [-0.2, -0.15) is 0 Å². The first kappa shape index (κ1) is 12.6. The molecule has 1 aromatic carbocycles. The summed E-state index contributed by atoms with van der Waals surface area (Å²) < 4.78 is 11.1. The largest absolute Gasteiger partial charge is 0.490 e. The van der Waals surface area contributed by atoms with Crippen LogP contribution in [0.4, 0.5) is 0 Å².